The van der Waals surface area contributed by atoms with Crippen LogP contribution >= 0.6 is 0 Å². The van der Waals surface area contributed by atoms with Crippen LogP contribution in [0.5, 0.6) is 5.75 Å². The number of sulfonamides is 1. The number of aromatic amines is 1. The number of pyridine rings is 1. The summed E-state index contributed by atoms with van der Waals surface area (Å²) in [6.07, 6.45) is 5.01. The van der Waals surface area contributed by atoms with Crippen LogP contribution in [0, 0.1) is 0 Å². The molecule has 3 aromatic rings. The Kier molecular flexibility index (Phi) is 5.44. The first-order valence-corrected chi connectivity index (χ1v) is 11.4. The monoisotopic (exact) mass is 431 g/mol. The summed E-state index contributed by atoms with van der Waals surface area (Å²) < 4.78 is 37.1. The molecule has 1 saturated heterocycles. The lowest BCUT2D eigenvalue weighted by atomic mass is 10.00. The lowest BCUT2D eigenvalue weighted by Crippen LogP contribution is -2.26. The molecule has 0 radical (unpaired) electrons. The van der Waals surface area contributed by atoms with E-state index in [0.29, 0.717) is 41.0 Å². The number of hydrogen-bond donors (Lipinski definition) is 2. The molecule has 1 aromatic carbocycles. The molecule has 0 saturated carbocycles. The number of H-pyrrole nitrogens is 1. The van der Waals surface area contributed by atoms with Gasteiger partial charge >= 0.3 is 0 Å². The zero-order valence-corrected chi connectivity index (χ0v) is 17.7. The van der Waals surface area contributed by atoms with Crippen LogP contribution in [0.1, 0.15) is 30.6 Å². The highest BCUT2D eigenvalue weighted by Gasteiger charge is 2.23. The second kappa shape index (κ2) is 7.90. The van der Waals surface area contributed by atoms with Crippen molar-refractivity contribution >= 4 is 20.9 Å². The van der Waals surface area contributed by atoms with Crippen molar-refractivity contribution in [2.45, 2.75) is 31.1 Å². The summed E-state index contributed by atoms with van der Waals surface area (Å²) in [7, 11) is -2.07. The number of fused-ring (bicyclic) bond motifs is 1. The molecule has 3 heterocycles. The van der Waals surface area contributed by atoms with Crippen molar-refractivity contribution in [3.8, 4) is 16.9 Å². The van der Waals surface area contributed by atoms with E-state index in [1.807, 2.05) is 0 Å². The minimum absolute atomic E-state index is 0.00526. The molecule has 4 rings (SSSR count). The van der Waals surface area contributed by atoms with Crippen molar-refractivity contribution in [1.82, 2.24) is 9.55 Å². The van der Waals surface area contributed by atoms with Crippen molar-refractivity contribution in [3.05, 3.63) is 52.6 Å². The molecule has 30 heavy (non-hydrogen) atoms. The number of nitrogens with one attached hydrogen (secondary N) is 1. The first-order valence-electron chi connectivity index (χ1n) is 9.82. The fourth-order valence-electron chi connectivity index (χ4n) is 3.76. The van der Waals surface area contributed by atoms with Gasteiger partial charge in [0.15, 0.2) is 0 Å². The standard InChI is InChI=1S/C21H25N3O5S/c1-13(30(22,26)27)14-3-4-19(29-15-6-9-28-10-7-15)17(11-14)18-12-24(2)21(25)16-5-8-23-20(16)18/h3-5,8,11-13,15,23H,6-7,9-10H2,1-2H3,(H2,22,26,27). The van der Waals surface area contributed by atoms with Gasteiger partial charge in [0, 0.05) is 43.4 Å². The molecule has 1 aliphatic rings. The molecular weight excluding hydrogens is 406 g/mol. The normalized spacial score (nSPS) is 16.6. The maximum absolute atomic E-state index is 12.5. The minimum atomic E-state index is -3.76. The summed E-state index contributed by atoms with van der Waals surface area (Å²) in [5.41, 5.74) is 2.58. The van der Waals surface area contributed by atoms with Gasteiger partial charge in [0.05, 0.1) is 29.4 Å². The van der Waals surface area contributed by atoms with Gasteiger partial charge in [0.25, 0.3) is 5.56 Å². The van der Waals surface area contributed by atoms with E-state index in [0.717, 1.165) is 18.4 Å². The summed E-state index contributed by atoms with van der Waals surface area (Å²) in [6, 6.07) is 7.02. The third-order valence-corrected chi connectivity index (χ3v) is 6.87. The highest BCUT2D eigenvalue weighted by atomic mass is 32.2. The SMILES string of the molecule is CC(c1ccc(OC2CCOCC2)c(-c2cn(C)c(=O)c3cc[nH]c23)c1)S(N)(=O)=O. The first-order chi connectivity index (χ1) is 14.3. The number of nitrogens with zero attached hydrogens (tertiary/aromatic N) is 1. The molecule has 1 atom stereocenters. The number of benzene rings is 1. The number of aryl methyl sites for hydroxylation is 1. The van der Waals surface area contributed by atoms with Crippen molar-refractivity contribution in [3.63, 3.8) is 0 Å². The Labute approximate surface area is 174 Å². The van der Waals surface area contributed by atoms with Gasteiger partial charge in [-0.25, -0.2) is 13.6 Å². The lowest BCUT2D eigenvalue weighted by molar-refractivity contribution is 0.0258. The Morgan fingerprint density at radius 3 is 2.67 bits per heavy atom. The van der Waals surface area contributed by atoms with Gasteiger partial charge in [-0.3, -0.25) is 4.79 Å². The number of nitrogens with two attached hydrogens (primary N) is 1. The largest absolute Gasteiger partial charge is 0.490 e. The number of ether oxygens (including phenoxy) is 2. The number of aromatic nitrogens is 2. The smallest absolute Gasteiger partial charge is 0.259 e. The van der Waals surface area contributed by atoms with Crippen LogP contribution in [0.15, 0.2) is 41.5 Å². The van der Waals surface area contributed by atoms with Crippen LogP contribution in [0.4, 0.5) is 0 Å². The summed E-state index contributed by atoms with van der Waals surface area (Å²) >= 11 is 0. The van der Waals surface area contributed by atoms with Gasteiger partial charge in [-0.1, -0.05) is 6.07 Å². The predicted molar refractivity (Wildman–Crippen MR) is 115 cm³/mol. The molecule has 3 N–H and O–H groups in total. The van der Waals surface area contributed by atoms with Gasteiger partial charge in [0.2, 0.25) is 10.0 Å². The maximum Gasteiger partial charge on any atom is 0.259 e. The van der Waals surface area contributed by atoms with E-state index >= 15 is 0 Å². The zero-order valence-electron chi connectivity index (χ0n) is 16.9. The number of primary sulfonamides is 1. The molecule has 160 valence electrons. The van der Waals surface area contributed by atoms with E-state index in [9.17, 15) is 13.2 Å². The van der Waals surface area contributed by atoms with E-state index in [1.54, 1.807) is 50.6 Å². The van der Waals surface area contributed by atoms with Crippen molar-refractivity contribution in [1.29, 1.82) is 0 Å². The molecule has 1 unspecified atom stereocenters. The highest BCUT2D eigenvalue weighted by Crippen LogP contribution is 2.37. The van der Waals surface area contributed by atoms with Crippen molar-refractivity contribution < 1.29 is 17.9 Å². The molecule has 0 amide bonds. The Morgan fingerprint density at radius 1 is 1.23 bits per heavy atom. The average molecular weight is 432 g/mol. The van der Waals surface area contributed by atoms with Gasteiger partial charge in [0.1, 0.15) is 11.9 Å². The molecular formula is C21H25N3O5S. The van der Waals surface area contributed by atoms with E-state index in [-0.39, 0.29) is 11.7 Å². The maximum atomic E-state index is 12.5. The molecule has 0 aliphatic carbocycles. The van der Waals surface area contributed by atoms with Crippen molar-refractivity contribution in [2.24, 2.45) is 12.2 Å². The number of rotatable bonds is 5. The lowest BCUT2D eigenvalue weighted by Gasteiger charge is -2.25. The fourth-order valence-corrected chi connectivity index (χ4v) is 4.28. The molecule has 9 heteroatoms. The Morgan fingerprint density at radius 2 is 1.97 bits per heavy atom. The summed E-state index contributed by atoms with van der Waals surface area (Å²) in [5.74, 6) is 0.627. The second-order valence-corrected chi connectivity index (χ2v) is 9.53. The van der Waals surface area contributed by atoms with Gasteiger partial charge in [-0.2, -0.15) is 0 Å². The van der Waals surface area contributed by atoms with Crippen LogP contribution in [-0.4, -0.2) is 37.3 Å². The Bertz CT molecular complexity index is 1240. The van der Waals surface area contributed by atoms with E-state index in [2.05, 4.69) is 4.98 Å². The average Bonchev–Trinajstić information content (AvgIpc) is 3.21. The topological polar surface area (TPSA) is 116 Å². The summed E-state index contributed by atoms with van der Waals surface area (Å²) in [6.45, 7) is 2.83. The van der Waals surface area contributed by atoms with Gasteiger partial charge in [-0.15, -0.1) is 0 Å². The fraction of sp³-hybridized carbons (Fsp3) is 0.381. The zero-order chi connectivity index (χ0) is 21.5. The molecule has 1 aliphatic heterocycles. The van der Waals surface area contributed by atoms with Gasteiger partial charge in [-0.05, 0) is 30.7 Å². The first kappa shape index (κ1) is 20.6. The van der Waals surface area contributed by atoms with Crippen LogP contribution in [0.25, 0.3) is 22.0 Å². The van der Waals surface area contributed by atoms with Gasteiger partial charge < -0.3 is 19.0 Å². The van der Waals surface area contributed by atoms with E-state index < -0.39 is 15.3 Å². The molecule has 0 spiro atoms. The third kappa shape index (κ3) is 3.88. The second-order valence-electron chi connectivity index (χ2n) is 7.64. The van der Waals surface area contributed by atoms with Crippen LogP contribution in [0.3, 0.4) is 0 Å². The predicted octanol–water partition coefficient (Wildman–Crippen LogP) is 2.44. The Hall–Kier alpha value is -2.62. The summed E-state index contributed by atoms with van der Waals surface area (Å²) in [4.78, 5) is 15.6. The summed E-state index contributed by atoms with van der Waals surface area (Å²) in [5, 5.41) is 5.06. The number of hydrogen-bond acceptors (Lipinski definition) is 5. The van der Waals surface area contributed by atoms with E-state index in [1.165, 1.54) is 4.57 Å². The Balaban J connectivity index is 1.90. The van der Waals surface area contributed by atoms with Crippen molar-refractivity contribution in [2.75, 3.05) is 13.2 Å². The quantitative estimate of drug-likeness (QED) is 0.644. The molecule has 0 bridgehead atoms. The highest BCUT2D eigenvalue weighted by molar-refractivity contribution is 7.89. The third-order valence-electron chi connectivity index (χ3n) is 5.61. The van der Waals surface area contributed by atoms with E-state index in [4.69, 9.17) is 14.6 Å². The van der Waals surface area contributed by atoms with Crippen LogP contribution < -0.4 is 15.4 Å². The van der Waals surface area contributed by atoms with Crippen LogP contribution in [0.2, 0.25) is 0 Å². The molecule has 8 nitrogen and oxygen atoms in total. The minimum Gasteiger partial charge on any atom is -0.490 e. The molecule has 2 aromatic heterocycles. The molecule has 1 fully saturated rings. The van der Waals surface area contributed by atoms with Crippen LogP contribution in [-0.2, 0) is 21.8 Å².